The van der Waals surface area contributed by atoms with Crippen LogP contribution >= 0.6 is 0 Å². The van der Waals surface area contributed by atoms with E-state index in [9.17, 15) is 0 Å². The third-order valence-electron chi connectivity index (χ3n) is 6.00. The highest BCUT2D eigenvalue weighted by Crippen LogP contribution is 2.39. The van der Waals surface area contributed by atoms with Crippen LogP contribution in [-0.2, 0) is 6.54 Å². The van der Waals surface area contributed by atoms with Gasteiger partial charge in [0.15, 0.2) is 0 Å². The number of nitrogens with one attached hydrogen (secondary N) is 1. The number of hydrogen-bond acceptors (Lipinski definition) is 4. The van der Waals surface area contributed by atoms with Crippen molar-refractivity contribution in [2.45, 2.75) is 32.7 Å². The SMILES string of the molecule is COc1ccc(-n2ncc(CN3CCC4(CCNCC4)C3)c2C)cc1. The standard InChI is InChI=1S/C20H28N4O/c1-16-17(13-22-24(16)18-3-5-19(25-2)6-4-18)14-23-12-9-20(15-23)7-10-21-11-8-20/h3-6,13,21H,7-12,14-15H2,1-2H3. The first-order valence-corrected chi connectivity index (χ1v) is 9.30. The summed E-state index contributed by atoms with van der Waals surface area (Å²) in [5.74, 6) is 0.873. The molecular formula is C20H28N4O. The first-order chi connectivity index (χ1) is 12.2. The Bertz CT molecular complexity index is 716. The third-order valence-corrected chi connectivity index (χ3v) is 6.00. The van der Waals surface area contributed by atoms with Crippen molar-refractivity contribution in [1.82, 2.24) is 20.0 Å². The summed E-state index contributed by atoms with van der Waals surface area (Å²) in [6.07, 6.45) is 6.04. The molecule has 3 heterocycles. The molecule has 2 saturated heterocycles. The molecule has 0 bridgehead atoms. The van der Waals surface area contributed by atoms with E-state index in [-0.39, 0.29) is 0 Å². The van der Waals surface area contributed by atoms with Crippen molar-refractivity contribution in [2.24, 2.45) is 5.41 Å². The van der Waals surface area contributed by atoms with Gasteiger partial charge in [0.05, 0.1) is 19.0 Å². The van der Waals surface area contributed by atoms with E-state index in [1.807, 2.05) is 23.0 Å². The summed E-state index contributed by atoms with van der Waals surface area (Å²) in [5, 5.41) is 8.13. The van der Waals surface area contributed by atoms with Gasteiger partial charge in [-0.25, -0.2) is 4.68 Å². The predicted octanol–water partition coefficient (Wildman–Crippen LogP) is 2.76. The highest BCUT2D eigenvalue weighted by molar-refractivity contribution is 5.39. The normalized spacial score (nSPS) is 20.2. The second-order valence-corrected chi connectivity index (χ2v) is 7.58. The Morgan fingerprint density at radius 3 is 2.64 bits per heavy atom. The van der Waals surface area contributed by atoms with Crippen molar-refractivity contribution in [3.63, 3.8) is 0 Å². The van der Waals surface area contributed by atoms with Gasteiger partial charge in [-0.15, -0.1) is 0 Å². The minimum Gasteiger partial charge on any atom is -0.497 e. The van der Waals surface area contributed by atoms with Crippen LogP contribution < -0.4 is 10.1 Å². The van der Waals surface area contributed by atoms with Gasteiger partial charge in [-0.3, -0.25) is 4.90 Å². The van der Waals surface area contributed by atoms with E-state index in [0.717, 1.165) is 18.0 Å². The van der Waals surface area contributed by atoms with Crippen LogP contribution in [-0.4, -0.2) is 48.0 Å². The Morgan fingerprint density at radius 2 is 1.92 bits per heavy atom. The van der Waals surface area contributed by atoms with Gasteiger partial charge in [-0.05, 0) is 75.5 Å². The number of likely N-dealkylation sites (tertiary alicyclic amines) is 1. The summed E-state index contributed by atoms with van der Waals surface area (Å²) in [5.41, 5.74) is 4.21. The van der Waals surface area contributed by atoms with Gasteiger partial charge in [-0.2, -0.15) is 5.10 Å². The molecule has 0 atom stereocenters. The number of nitrogens with zero attached hydrogens (tertiary/aromatic N) is 3. The molecule has 2 aliphatic rings. The van der Waals surface area contributed by atoms with Gasteiger partial charge in [0.2, 0.25) is 0 Å². The largest absolute Gasteiger partial charge is 0.497 e. The van der Waals surface area contributed by atoms with Gasteiger partial charge in [0, 0.05) is 24.3 Å². The molecule has 2 aromatic rings. The van der Waals surface area contributed by atoms with Crippen molar-refractivity contribution in [3.05, 3.63) is 41.7 Å². The summed E-state index contributed by atoms with van der Waals surface area (Å²) in [6.45, 7) is 8.00. The number of piperidine rings is 1. The van der Waals surface area contributed by atoms with E-state index in [2.05, 4.69) is 34.4 Å². The number of methoxy groups -OCH3 is 1. The Hall–Kier alpha value is -1.85. The van der Waals surface area contributed by atoms with E-state index in [1.54, 1.807) is 7.11 Å². The zero-order chi connectivity index (χ0) is 17.3. The number of benzene rings is 1. The molecule has 1 aromatic heterocycles. The summed E-state index contributed by atoms with van der Waals surface area (Å²) in [7, 11) is 1.69. The van der Waals surface area contributed by atoms with Crippen LogP contribution in [0.25, 0.3) is 5.69 Å². The Morgan fingerprint density at radius 1 is 1.16 bits per heavy atom. The lowest BCUT2D eigenvalue weighted by molar-refractivity contribution is 0.194. The van der Waals surface area contributed by atoms with Gasteiger partial charge >= 0.3 is 0 Å². The van der Waals surface area contributed by atoms with Gasteiger partial charge in [0.25, 0.3) is 0 Å². The molecule has 0 amide bonds. The number of aromatic nitrogens is 2. The zero-order valence-electron chi connectivity index (χ0n) is 15.3. The van der Waals surface area contributed by atoms with E-state index in [1.165, 1.54) is 56.7 Å². The monoisotopic (exact) mass is 340 g/mol. The predicted molar refractivity (Wildman–Crippen MR) is 99.3 cm³/mol. The van der Waals surface area contributed by atoms with Crippen molar-refractivity contribution >= 4 is 0 Å². The summed E-state index contributed by atoms with van der Waals surface area (Å²) in [4.78, 5) is 2.62. The molecule has 1 spiro atoms. The average molecular weight is 340 g/mol. The fourth-order valence-corrected chi connectivity index (χ4v) is 4.35. The van der Waals surface area contributed by atoms with E-state index in [0.29, 0.717) is 5.41 Å². The molecular weight excluding hydrogens is 312 g/mol. The number of rotatable bonds is 4. The maximum Gasteiger partial charge on any atom is 0.119 e. The second kappa shape index (κ2) is 6.81. The van der Waals surface area contributed by atoms with E-state index < -0.39 is 0 Å². The molecule has 0 radical (unpaired) electrons. The fraction of sp³-hybridized carbons (Fsp3) is 0.550. The molecule has 0 unspecified atom stereocenters. The van der Waals surface area contributed by atoms with Gasteiger partial charge in [0.1, 0.15) is 5.75 Å². The van der Waals surface area contributed by atoms with Crippen LogP contribution in [0.1, 0.15) is 30.5 Å². The van der Waals surface area contributed by atoms with Crippen molar-refractivity contribution in [3.8, 4) is 11.4 Å². The molecule has 1 aromatic carbocycles. The van der Waals surface area contributed by atoms with Gasteiger partial charge in [-0.1, -0.05) is 0 Å². The lowest BCUT2D eigenvalue weighted by atomic mass is 9.78. The zero-order valence-corrected chi connectivity index (χ0v) is 15.3. The minimum absolute atomic E-state index is 0.561. The fourth-order valence-electron chi connectivity index (χ4n) is 4.35. The topological polar surface area (TPSA) is 42.3 Å². The average Bonchev–Trinajstić information content (AvgIpc) is 3.20. The molecule has 0 aliphatic carbocycles. The summed E-state index contributed by atoms with van der Waals surface area (Å²) in [6, 6.07) is 8.08. The molecule has 4 rings (SSSR count). The highest BCUT2D eigenvalue weighted by Gasteiger charge is 2.38. The lowest BCUT2D eigenvalue weighted by Gasteiger charge is -2.33. The summed E-state index contributed by atoms with van der Waals surface area (Å²) < 4.78 is 7.28. The Labute approximate surface area is 150 Å². The first kappa shape index (κ1) is 16.6. The van der Waals surface area contributed by atoms with Crippen LogP contribution in [0.15, 0.2) is 30.5 Å². The van der Waals surface area contributed by atoms with Crippen LogP contribution in [0.3, 0.4) is 0 Å². The van der Waals surface area contributed by atoms with Crippen LogP contribution in [0, 0.1) is 12.3 Å². The maximum atomic E-state index is 5.24. The van der Waals surface area contributed by atoms with E-state index >= 15 is 0 Å². The third kappa shape index (κ3) is 3.31. The number of hydrogen-bond donors (Lipinski definition) is 1. The first-order valence-electron chi connectivity index (χ1n) is 9.30. The molecule has 134 valence electrons. The highest BCUT2D eigenvalue weighted by atomic mass is 16.5. The molecule has 2 fully saturated rings. The summed E-state index contributed by atoms with van der Waals surface area (Å²) >= 11 is 0. The number of ether oxygens (including phenoxy) is 1. The molecule has 25 heavy (non-hydrogen) atoms. The molecule has 5 nitrogen and oxygen atoms in total. The van der Waals surface area contributed by atoms with Crippen molar-refractivity contribution < 1.29 is 4.74 Å². The maximum absolute atomic E-state index is 5.24. The van der Waals surface area contributed by atoms with Crippen LogP contribution in [0.4, 0.5) is 0 Å². The van der Waals surface area contributed by atoms with Crippen molar-refractivity contribution in [1.29, 1.82) is 0 Å². The molecule has 2 aliphatic heterocycles. The Kier molecular flexibility index (Phi) is 4.52. The Balaban J connectivity index is 1.46. The van der Waals surface area contributed by atoms with Gasteiger partial charge < -0.3 is 10.1 Å². The lowest BCUT2D eigenvalue weighted by Crippen LogP contribution is -2.38. The molecule has 5 heteroatoms. The quantitative estimate of drug-likeness (QED) is 0.929. The van der Waals surface area contributed by atoms with Crippen LogP contribution in [0.5, 0.6) is 5.75 Å². The smallest absolute Gasteiger partial charge is 0.119 e. The second-order valence-electron chi connectivity index (χ2n) is 7.58. The van der Waals surface area contributed by atoms with Crippen LogP contribution in [0.2, 0.25) is 0 Å². The van der Waals surface area contributed by atoms with Crippen molar-refractivity contribution in [2.75, 3.05) is 33.3 Å². The van der Waals surface area contributed by atoms with E-state index in [4.69, 9.17) is 4.74 Å². The molecule has 0 saturated carbocycles. The minimum atomic E-state index is 0.561. The molecule has 1 N–H and O–H groups in total.